The van der Waals surface area contributed by atoms with Crippen LogP contribution in [0.5, 0.6) is 0 Å². The Balaban J connectivity index is 1.97. The number of rotatable bonds is 4. The molecule has 0 radical (unpaired) electrons. The van der Waals surface area contributed by atoms with Gasteiger partial charge in [0.2, 0.25) is 5.91 Å². The van der Waals surface area contributed by atoms with Crippen LogP contribution in [0.15, 0.2) is 30.3 Å². The third kappa shape index (κ3) is 2.99. The maximum absolute atomic E-state index is 12.1. The van der Waals surface area contributed by atoms with Gasteiger partial charge in [-0.25, -0.2) is 0 Å². The van der Waals surface area contributed by atoms with Crippen molar-refractivity contribution >= 4 is 5.91 Å². The molecule has 2 aromatic rings. The molecule has 19 heavy (non-hydrogen) atoms. The van der Waals surface area contributed by atoms with Gasteiger partial charge in [0.25, 0.3) is 0 Å². The number of nitrogens with one attached hydrogen (secondary N) is 1. The normalized spacial score (nSPS) is 12.2. The second-order valence-electron chi connectivity index (χ2n) is 4.57. The van der Waals surface area contributed by atoms with Gasteiger partial charge in [0.15, 0.2) is 5.82 Å². The van der Waals surface area contributed by atoms with Gasteiger partial charge in [0.05, 0.1) is 12.5 Å². The first-order chi connectivity index (χ1) is 9.09. The minimum atomic E-state index is -0.171. The zero-order chi connectivity index (χ0) is 13.8. The monoisotopic (exact) mass is 258 g/mol. The molecule has 1 heterocycles. The summed E-state index contributed by atoms with van der Waals surface area (Å²) in [5, 5.41) is 10.9. The Labute approximate surface area is 112 Å². The number of hydrogen-bond donors (Lipinski definition) is 1. The summed E-state index contributed by atoms with van der Waals surface area (Å²) in [6, 6.07) is 9.72. The summed E-state index contributed by atoms with van der Waals surface area (Å²) < 4.78 is 1.87. The van der Waals surface area contributed by atoms with Crippen LogP contribution in [-0.2, 0) is 18.4 Å². The van der Waals surface area contributed by atoms with E-state index >= 15 is 0 Å². The van der Waals surface area contributed by atoms with E-state index in [0.717, 1.165) is 17.2 Å². The van der Waals surface area contributed by atoms with E-state index in [1.54, 1.807) is 0 Å². The van der Waals surface area contributed by atoms with E-state index in [1.165, 1.54) is 0 Å². The molecular formula is C14H18N4O. The van der Waals surface area contributed by atoms with Crippen LogP contribution in [0, 0.1) is 6.92 Å². The molecule has 1 N–H and O–H groups in total. The van der Waals surface area contributed by atoms with Crippen molar-refractivity contribution in [3.05, 3.63) is 47.5 Å². The van der Waals surface area contributed by atoms with Crippen molar-refractivity contribution in [2.75, 3.05) is 0 Å². The molecule has 1 amide bonds. The van der Waals surface area contributed by atoms with Crippen LogP contribution in [0.3, 0.4) is 0 Å². The highest BCUT2D eigenvalue weighted by Gasteiger charge is 2.15. The lowest BCUT2D eigenvalue weighted by molar-refractivity contribution is -0.122. The van der Waals surface area contributed by atoms with Crippen molar-refractivity contribution in [1.29, 1.82) is 0 Å². The number of benzene rings is 1. The Morgan fingerprint density at radius 3 is 2.58 bits per heavy atom. The molecular weight excluding hydrogens is 240 g/mol. The van der Waals surface area contributed by atoms with E-state index in [2.05, 4.69) is 15.5 Å². The molecule has 0 aliphatic carbocycles. The van der Waals surface area contributed by atoms with E-state index in [9.17, 15) is 4.79 Å². The summed E-state index contributed by atoms with van der Waals surface area (Å²) in [6.07, 6.45) is 0. The molecule has 1 unspecified atom stereocenters. The van der Waals surface area contributed by atoms with Crippen LogP contribution >= 0.6 is 0 Å². The van der Waals surface area contributed by atoms with Crippen molar-refractivity contribution in [2.45, 2.75) is 26.3 Å². The van der Waals surface area contributed by atoms with Gasteiger partial charge in [-0.15, -0.1) is 10.2 Å². The molecule has 2 rings (SSSR count). The SMILES string of the molecule is Cc1nnc(CNC(=O)C(C)c2ccccc2)n1C. The molecule has 0 aliphatic rings. The topological polar surface area (TPSA) is 59.8 Å². The summed E-state index contributed by atoms with van der Waals surface area (Å²) in [7, 11) is 1.89. The van der Waals surface area contributed by atoms with Crippen molar-refractivity contribution in [3.63, 3.8) is 0 Å². The van der Waals surface area contributed by atoms with E-state index in [-0.39, 0.29) is 11.8 Å². The van der Waals surface area contributed by atoms with Gasteiger partial charge < -0.3 is 9.88 Å². The van der Waals surface area contributed by atoms with Crippen LogP contribution in [-0.4, -0.2) is 20.7 Å². The lowest BCUT2D eigenvalue weighted by atomic mass is 10.0. The Morgan fingerprint density at radius 2 is 2.00 bits per heavy atom. The number of amides is 1. The second-order valence-corrected chi connectivity index (χ2v) is 4.57. The summed E-state index contributed by atoms with van der Waals surface area (Å²) in [5.74, 6) is 1.41. The predicted molar refractivity (Wildman–Crippen MR) is 72.4 cm³/mol. The maximum atomic E-state index is 12.1. The number of aryl methyl sites for hydroxylation is 1. The smallest absolute Gasteiger partial charge is 0.227 e. The molecule has 0 saturated carbocycles. The lowest BCUT2D eigenvalue weighted by Crippen LogP contribution is -2.28. The summed E-state index contributed by atoms with van der Waals surface area (Å²) in [4.78, 5) is 12.1. The van der Waals surface area contributed by atoms with Gasteiger partial charge in [-0.3, -0.25) is 4.79 Å². The van der Waals surface area contributed by atoms with Crippen LogP contribution < -0.4 is 5.32 Å². The van der Waals surface area contributed by atoms with Gasteiger partial charge in [-0.2, -0.15) is 0 Å². The molecule has 5 heteroatoms. The Hall–Kier alpha value is -2.17. The second kappa shape index (κ2) is 5.65. The van der Waals surface area contributed by atoms with Crippen LogP contribution in [0.4, 0.5) is 0 Å². The molecule has 100 valence electrons. The van der Waals surface area contributed by atoms with Gasteiger partial charge in [0, 0.05) is 7.05 Å². The van der Waals surface area contributed by atoms with Crippen LogP contribution in [0.1, 0.15) is 30.1 Å². The van der Waals surface area contributed by atoms with E-state index < -0.39 is 0 Å². The minimum absolute atomic E-state index is 0.00754. The van der Waals surface area contributed by atoms with Crippen molar-refractivity contribution in [2.24, 2.45) is 7.05 Å². The Bertz CT molecular complexity index is 562. The average Bonchev–Trinajstić information content (AvgIpc) is 2.76. The molecule has 1 aromatic heterocycles. The summed E-state index contributed by atoms with van der Waals surface area (Å²) >= 11 is 0. The summed E-state index contributed by atoms with van der Waals surface area (Å²) in [5.41, 5.74) is 1.01. The van der Waals surface area contributed by atoms with E-state index in [0.29, 0.717) is 6.54 Å². The maximum Gasteiger partial charge on any atom is 0.227 e. The third-order valence-corrected chi connectivity index (χ3v) is 3.30. The minimum Gasteiger partial charge on any atom is -0.348 e. The molecule has 0 bridgehead atoms. The van der Waals surface area contributed by atoms with Gasteiger partial charge >= 0.3 is 0 Å². The van der Waals surface area contributed by atoms with Crippen molar-refractivity contribution < 1.29 is 4.79 Å². The predicted octanol–water partition coefficient (Wildman–Crippen LogP) is 1.54. The fourth-order valence-corrected chi connectivity index (χ4v) is 1.82. The highest BCUT2D eigenvalue weighted by molar-refractivity contribution is 5.83. The largest absolute Gasteiger partial charge is 0.348 e. The molecule has 5 nitrogen and oxygen atoms in total. The van der Waals surface area contributed by atoms with Gasteiger partial charge in [-0.1, -0.05) is 30.3 Å². The first-order valence-corrected chi connectivity index (χ1v) is 6.27. The van der Waals surface area contributed by atoms with E-state index in [1.807, 2.05) is 55.8 Å². The van der Waals surface area contributed by atoms with Crippen LogP contribution in [0.2, 0.25) is 0 Å². The first kappa shape index (κ1) is 13.3. The molecule has 1 atom stereocenters. The zero-order valence-electron chi connectivity index (χ0n) is 11.4. The number of nitrogens with zero attached hydrogens (tertiary/aromatic N) is 3. The highest BCUT2D eigenvalue weighted by Crippen LogP contribution is 2.14. The van der Waals surface area contributed by atoms with E-state index in [4.69, 9.17) is 0 Å². The molecule has 0 fully saturated rings. The molecule has 1 aromatic carbocycles. The molecule has 0 spiro atoms. The highest BCUT2D eigenvalue weighted by atomic mass is 16.1. The quantitative estimate of drug-likeness (QED) is 0.905. The fourth-order valence-electron chi connectivity index (χ4n) is 1.82. The molecule has 0 aliphatic heterocycles. The number of hydrogen-bond acceptors (Lipinski definition) is 3. The zero-order valence-corrected chi connectivity index (χ0v) is 11.4. The summed E-state index contributed by atoms with van der Waals surface area (Å²) in [6.45, 7) is 4.17. The Morgan fingerprint density at radius 1 is 1.32 bits per heavy atom. The van der Waals surface area contributed by atoms with Crippen molar-refractivity contribution in [1.82, 2.24) is 20.1 Å². The Kier molecular flexibility index (Phi) is 3.94. The third-order valence-electron chi connectivity index (χ3n) is 3.30. The number of carbonyl (C=O) groups excluding carboxylic acids is 1. The average molecular weight is 258 g/mol. The first-order valence-electron chi connectivity index (χ1n) is 6.27. The van der Waals surface area contributed by atoms with Gasteiger partial charge in [-0.05, 0) is 19.4 Å². The number of aromatic nitrogens is 3. The lowest BCUT2D eigenvalue weighted by Gasteiger charge is -2.12. The van der Waals surface area contributed by atoms with Crippen molar-refractivity contribution in [3.8, 4) is 0 Å². The number of carbonyl (C=O) groups is 1. The molecule has 0 saturated heterocycles. The standard InChI is InChI=1S/C14H18N4O/c1-10(12-7-5-4-6-8-12)14(19)15-9-13-17-16-11(2)18(13)3/h4-8,10H,9H2,1-3H3,(H,15,19). The fraction of sp³-hybridized carbons (Fsp3) is 0.357. The van der Waals surface area contributed by atoms with Gasteiger partial charge in [0.1, 0.15) is 5.82 Å². The van der Waals surface area contributed by atoms with Crippen LogP contribution in [0.25, 0.3) is 0 Å².